The molecule has 4 nitrogen and oxygen atoms in total. The van der Waals surface area contributed by atoms with Crippen LogP contribution in [0.3, 0.4) is 0 Å². The van der Waals surface area contributed by atoms with E-state index in [4.69, 9.17) is 5.73 Å². The van der Waals surface area contributed by atoms with Gasteiger partial charge in [0.1, 0.15) is 6.04 Å². The molecule has 0 radical (unpaired) electrons. The van der Waals surface area contributed by atoms with Gasteiger partial charge in [-0.05, 0) is 40.1 Å². The summed E-state index contributed by atoms with van der Waals surface area (Å²) in [6, 6.07) is 24.7. The van der Waals surface area contributed by atoms with Crippen LogP contribution >= 0.6 is 0 Å². The Kier molecular flexibility index (Phi) is 5.00. The second-order valence-corrected chi connectivity index (χ2v) is 7.31. The van der Waals surface area contributed by atoms with Crippen LogP contribution in [0.1, 0.15) is 21.5 Å². The van der Waals surface area contributed by atoms with Crippen LogP contribution in [0, 0.1) is 6.92 Å². The second kappa shape index (κ2) is 7.76. The quantitative estimate of drug-likeness (QED) is 0.510. The first-order valence-corrected chi connectivity index (χ1v) is 9.59. The lowest BCUT2D eigenvalue weighted by Gasteiger charge is -2.18. The van der Waals surface area contributed by atoms with Gasteiger partial charge in [-0.15, -0.1) is 0 Å². The molecule has 0 bridgehead atoms. The molecule has 1 atom stereocenters. The second-order valence-electron chi connectivity index (χ2n) is 7.31. The van der Waals surface area contributed by atoms with Crippen LogP contribution in [0.15, 0.2) is 78.9 Å². The molecule has 0 aromatic heterocycles. The van der Waals surface area contributed by atoms with Crippen molar-refractivity contribution in [3.05, 3.63) is 95.6 Å². The molecule has 0 aliphatic rings. The van der Waals surface area contributed by atoms with E-state index in [1.807, 2.05) is 79.7 Å². The van der Waals surface area contributed by atoms with Crippen LogP contribution in [0.4, 0.5) is 0 Å². The highest BCUT2D eigenvalue weighted by Gasteiger charge is 2.22. The highest BCUT2D eigenvalue weighted by molar-refractivity contribution is 6.18. The number of carbonyl (C=O) groups is 2. The fourth-order valence-corrected chi connectivity index (χ4v) is 3.67. The van der Waals surface area contributed by atoms with Crippen LogP contribution in [0.25, 0.3) is 21.5 Å². The van der Waals surface area contributed by atoms with Crippen molar-refractivity contribution in [2.24, 2.45) is 5.73 Å². The summed E-state index contributed by atoms with van der Waals surface area (Å²) in [6.07, 6.45) is 0.351. The van der Waals surface area contributed by atoms with E-state index in [0.717, 1.165) is 32.7 Å². The molecule has 3 N–H and O–H groups in total. The lowest BCUT2D eigenvalue weighted by Crippen LogP contribution is -2.46. The summed E-state index contributed by atoms with van der Waals surface area (Å²) in [4.78, 5) is 25.4. The van der Waals surface area contributed by atoms with Gasteiger partial charge in [-0.25, -0.2) is 0 Å². The van der Waals surface area contributed by atoms with Gasteiger partial charge in [0.2, 0.25) is 5.91 Å². The summed E-state index contributed by atoms with van der Waals surface area (Å²) in [7, 11) is 0. The number of nitrogens with two attached hydrogens (primary N) is 1. The topological polar surface area (TPSA) is 72.2 Å². The Balaban J connectivity index is 1.73. The van der Waals surface area contributed by atoms with E-state index < -0.39 is 11.9 Å². The molecule has 0 heterocycles. The van der Waals surface area contributed by atoms with Gasteiger partial charge in [-0.1, -0.05) is 78.4 Å². The van der Waals surface area contributed by atoms with E-state index in [9.17, 15) is 9.59 Å². The first kappa shape index (κ1) is 18.7. The molecule has 0 saturated carbocycles. The van der Waals surface area contributed by atoms with Crippen molar-refractivity contribution in [3.8, 4) is 0 Å². The standard InChI is InChI=1S/C25H22N2O2/c1-16-10-12-17(13-11-16)14-22(24(26)28)27-25(29)23-20-8-4-2-6-18(20)15-19-7-3-5-9-21(19)23/h2-13,15,22H,14H2,1H3,(H2,26,28)(H,27,29)/t22-/m1/s1. The van der Waals surface area contributed by atoms with Crippen LogP contribution < -0.4 is 11.1 Å². The van der Waals surface area contributed by atoms with Gasteiger partial charge < -0.3 is 11.1 Å². The fourth-order valence-electron chi connectivity index (χ4n) is 3.67. The third-order valence-corrected chi connectivity index (χ3v) is 5.21. The number of nitrogens with one attached hydrogen (secondary N) is 1. The molecule has 0 saturated heterocycles. The van der Waals surface area contributed by atoms with Crippen LogP contribution in [-0.2, 0) is 11.2 Å². The van der Waals surface area contributed by atoms with E-state index >= 15 is 0 Å². The summed E-state index contributed by atoms with van der Waals surface area (Å²) in [5.74, 6) is -0.850. The van der Waals surface area contributed by atoms with Crippen molar-refractivity contribution >= 4 is 33.4 Å². The normalized spacial score (nSPS) is 12.0. The highest BCUT2D eigenvalue weighted by atomic mass is 16.2. The number of carbonyl (C=O) groups excluding carboxylic acids is 2. The molecule has 144 valence electrons. The number of hydrogen-bond acceptors (Lipinski definition) is 2. The minimum atomic E-state index is -0.789. The van der Waals surface area contributed by atoms with E-state index in [2.05, 4.69) is 11.4 Å². The number of aryl methyl sites for hydroxylation is 1. The zero-order valence-corrected chi connectivity index (χ0v) is 16.2. The van der Waals surface area contributed by atoms with Crippen molar-refractivity contribution in [2.45, 2.75) is 19.4 Å². The summed E-state index contributed by atoms with van der Waals surface area (Å²) in [5.41, 5.74) is 8.26. The van der Waals surface area contributed by atoms with Crippen LogP contribution in [0.5, 0.6) is 0 Å². The Morgan fingerprint density at radius 3 is 1.97 bits per heavy atom. The maximum Gasteiger partial charge on any atom is 0.253 e. The molecule has 0 unspecified atom stereocenters. The van der Waals surface area contributed by atoms with E-state index in [0.29, 0.717) is 12.0 Å². The average Bonchev–Trinajstić information content (AvgIpc) is 2.72. The zero-order valence-electron chi connectivity index (χ0n) is 16.2. The molecule has 4 heteroatoms. The van der Waals surface area contributed by atoms with Gasteiger partial charge in [0.05, 0.1) is 5.56 Å². The molecule has 0 aliphatic heterocycles. The molecule has 0 spiro atoms. The number of fused-ring (bicyclic) bond motifs is 2. The first-order chi connectivity index (χ1) is 14.0. The van der Waals surface area contributed by atoms with Crippen molar-refractivity contribution in [1.82, 2.24) is 5.32 Å². The highest BCUT2D eigenvalue weighted by Crippen LogP contribution is 2.28. The molecule has 29 heavy (non-hydrogen) atoms. The first-order valence-electron chi connectivity index (χ1n) is 9.59. The summed E-state index contributed by atoms with van der Waals surface area (Å²) < 4.78 is 0. The minimum absolute atomic E-state index is 0.297. The molecule has 4 rings (SSSR count). The molecule has 2 amide bonds. The SMILES string of the molecule is Cc1ccc(C[C@@H](NC(=O)c2c3ccccc3cc3ccccc23)C(N)=O)cc1. The Labute approximate surface area is 169 Å². The number of rotatable bonds is 5. The number of benzene rings is 4. The molecular formula is C25H22N2O2. The number of amides is 2. The Morgan fingerprint density at radius 2 is 1.41 bits per heavy atom. The van der Waals surface area contributed by atoms with E-state index in [-0.39, 0.29) is 5.91 Å². The third-order valence-electron chi connectivity index (χ3n) is 5.21. The average molecular weight is 382 g/mol. The van der Waals surface area contributed by atoms with Crippen LogP contribution in [-0.4, -0.2) is 17.9 Å². The maximum atomic E-state index is 13.3. The van der Waals surface area contributed by atoms with Crippen molar-refractivity contribution in [2.75, 3.05) is 0 Å². The maximum absolute atomic E-state index is 13.3. The third kappa shape index (κ3) is 3.83. The molecule has 4 aromatic carbocycles. The Hall–Kier alpha value is -3.66. The van der Waals surface area contributed by atoms with Gasteiger partial charge in [0, 0.05) is 6.42 Å². The monoisotopic (exact) mass is 382 g/mol. The minimum Gasteiger partial charge on any atom is -0.368 e. The summed E-state index contributed by atoms with van der Waals surface area (Å²) in [6.45, 7) is 2.00. The smallest absolute Gasteiger partial charge is 0.253 e. The van der Waals surface area contributed by atoms with Crippen molar-refractivity contribution in [1.29, 1.82) is 0 Å². The Bertz CT molecular complexity index is 1160. The molecular weight excluding hydrogens is 360 g/mol. The van der Waals surface area contributed by atoms with Crippen LogP contribution in [0.2, 0.25) is 0 Å². The predicted molar refractivity (Wildman–Crippen MR) is 117 cm³/mol. The van der Waals surface area contributed by atoms with Gasteiger partial charge in [-0.3, -0.25) is 9.59 Å². The summed E-state index contributed by atoms with van der Waals surface area (Å²) in [5, 5.41) is 6.52. The number of hydrogen-bond donors (Lipinski definition) is 2. The lowest BCUT2D eigenvalue weighted by atomic mass is 9.95. The zero-order chi connectivity index (χ0) is 20.4. The Morgan fingerprint density at radius 1 is 0.862 bits per heavy atom. The van der Waals surface area contributed by atoms with Crippen molar-refractivity contribution in [3.63, 3.8) is 0 Å². The van der Waals surface area contributed by atoms with Gasteiger partial charge in [0.25, 0.3) is 5.91 Å². The molecule has 4 aromatic rings. The van der Waals surface area contributed by atoms with E-state index in [1.165, 1.54) is 0 Å². The largest absolute Gasteiger partial charge is 0.368 e. The summed E-state index contributed by atoms with van der Waals surface area (Å²) >= 11 is 0. The predicted octanol–water partition coefficient (Wildman–Crippen LogP) is 4.13. The van der Waals surface area contributed by atoms with Gasteiger partial charge in [-0.2, -0.15) is 0 Å². The fraction of sp³-hybridized carbons (Fsp3) is 0.120. The van der Waals surface area contributed by atoms with E-state index in [1.54, 1.807) is 0 Å². The van der Waals surface area contributed by atoms with Gasteiger partial charge in [0.15, 0.2) is 0 Å². The van der Waals surface area contributed by atoms with Crippen molar-refractivity contribution < 1.29 is 9.59 Å². The molecule has 0 fully saturated rings. The van der Waals surface area contributed by atoms with Gasteiger partial charge >= 0.3 is 0 Å². The lowest BCUT2D eigenvalue weighted by molar-refractivity contribution is -0.119. The number of primary amides is 1. The molecule has 0 aliphatic carbocycles.